The molecule has 0 unspecified atom stereocenters. The number of carbonyl (C=O) groups excluding carboxylic acids is 4. The summed E-state index contributed by atoms with van der Waals surface area (Å²) in [6.45, 7) is 3.45. The fourth-order valence-corrected chi connectivity index (χ4v) is 4.77. The van der Waals surface area contributed by atoms with Crippen LogP contribution in [0.3, 0.4) is 0 Å². The number of hydrogen-bond acceptors (Lipinski definition) is 6. The normalized spacial score (nSPS) is 15.8. The molecular weight excluding hydrogens is 560 g/mol. The quantitative estimate of drug-likeness (QED) is 0.388. The van der Waals surface area contributed by atoms with E-state index in [9.17, 15) is 19.2 Å². The van der Waals surface area contributed by atoms with Gasteiger partial charge in [-0.2, -0.15) is 0 Å². The highest BCUT2D eigenvalue weighted by Gasteiger charge is 2.24. The molecular formula is C34H34N4O6. The molecule has 0 bridgehead atoms. The molecule has 0 radical (unpaired) electrons. The van der Waals surface area contributed by atoms with E-state index in [1.165, 1.54) is 24.3 Å². The summed E-state index contributed by atoms with van der Waals surface area (Å²) in [5.41, 5.74) is 2.34. The van der Waals surface area contributed by atoms with Crippen LogP contribution in [0.4, 0.5) is 0 Å². The molecule has 10 heteroatoms. The topological polar surface area (TPSA) is 117 Å². The molecule has 5 rings (SSSR count). The summed E-state index contributed by atoms with van der Waals surface area (Å²) >= 11 is 0. The van der Waals surface area contributed by atoms with Crippen molar-refractivity contribution in [2.24, 2.45) is 0 Å². The number of nitrogens with one attached hydrogen (secondary N) is 2. The molecule has 0 aromatic heterocycles. The average Bonchev–Trinajstić information content (AvgIpc) is 3.08. The summed E-state index contributed by atoms with van der Waals surface area (Å²) < 4.78 is 10.7. The van der Waals surface area contributed by atoms with Gasteiger partial charge in [-0.1, -0.05) is 60.7 Å². The van der Waals surface area contributed by atoms with Gasteiger partial charge in [0.15, 0.2) is 0 Å². The van der Waals surface area contributed by atoms with E-state index < -0.39 is 11.8 Å². The first kappa shape index (κ1) is 30.4. The second-order valence-electron chi connectivity index (χ2n) is 10.2. The highest BCUT2D eigenvalue weighted by molar-refractivity contribution is 6.07. The molecule has 2 saturated heterocycles. The number of ether oxygens (including phenoxy) is 2. The summed E-state index contributed by atoms with van der Waals surface area (Å²) in [5.74, 6) is -1.59. The molecule has 0 aliphatic carbocycles. The molecule has 4 amide bonds. The van der Waals surface area contributed by atoms with Gasteiger partial charge in [0.25, 0.3) is 23.6 Å². The Balaban J connectivity index is 1.31. The van der Waals surface area contributed by atoms with E-state index >= 15 is 0 Å². The van der Waals surface area contributed by atoms with Crippen molar-refractivity contribution in [2.75, 3.05) is 52.6 Å². The molecule has 0 atom stereocenters. The Hall–Kier alpha value is -5.06. The van der Waals surface area contributed by atoms with E-state index in [1.54, 1.807) is 22.0 Å². The Kier molecular flexibility index (Phi) is 10.3. The fraction of sp³-hybridized carbons (Fsp3) is 0.235. The van der Waals surface area contributed by atoms with Crippen molar-refractivity contribution in [2.45, 2.75) is 0 Å². The van der Waals surface area contributed by atoms with Gasteiger partial charge in [-0.3, -0.25) is 19.2 Å². The maximum Gasteiger partial charge on any atom is 0.270 e. The van der Waals surface area contributed by atoms with Gasteiger partial charge in [-0.25, -0.2) is 0 Å². The van der Waals surface area contributed by atoms with Gasteiger partial charge >= 0.3 is 0 Å². The standard InChI is InChI=1S/C34H34N4O6/c39-31(35-29(23-25-7-3-1-4-8-25)33(41)37-15-19-43-20-16-37)27-11-13-28(14-12-27)32(40)36-30(24-26-9-5-2-6-10-26)34(42)38-17-21-44-22-18-38/h1-14,23-24H,15-22H2,(H,35,39)(H,36,40)/b29-23+,30-24+. The lowest BCUT2D eigenvalue weighted by Gasteiger charge is -2.28. The first-order valence-electron chi connectivity index (χ1n) is 14.5. The van der Waals surface area contributed by atoms with Crippen LogP contribution in [-0.4, -0.2) is 86.0 Å². The van der Waals surface area contributed by atoms with Crippen molar-refractivity contribution >= 4 is 35.8 Å². The third-order valence-electron chi connectivity index (χ3n) is 7.18. The average molecular weight is 595 g/mol. The van der Waals surface area contributed by atoms with Crippen molar-refractivity contribution in [3.05, 3.63) is 119 Å². The van der Waals surface area contributed by atoms with Crippen LogP contribution < -0.4 is 10.6 Å². The molecule has 0 spiro atoms. The Bertz CT molecular complexity index is 1410. The van der Waals surface area contributed by atoms with Crippen molar-refractivity contribution < 1.29 is 28.7 Å². The second-order valence-corrected chi connectivity index (χ2v) is 10.2. The lowest BCUT2D eigenvalue weighted by atomic mass is 10.1. The first-order valence-corrected chi connectivity index (χ1v) is 14.5. The first-order chi connectivity index (χ1) is 21.5. The number of hydrogen-bond donors (Lipinski definition) is 2. The highest BCUT2D eigenvalue weighted by Crippen LogP contribution is 2.14. The van der Waals surface area contributed by atoms with Crippen molar-refractivity contribution in [1.82, 2.24) is 20.4 Å². The Labute approximate surface area is 255 Å². The third kappa shape index (κ3) is 8.06. The SMILES string of the molecule is O=C(N/C(=C/c1ccccc1)C(=O)N1CCOCC1)c1ccc(C(=O)N/C(=C/c2ccccc2)C(=O)N2CCOCC2)cc1. The largest absolute Gasteiger partial charge is 0.378 e. The van der Waals surface area contributed by atoms with Crippen LogP contribution in [0.1, 0.15) is 31.8 Å². The second kappa shape index (κ2) is 14.9. The van der Waals surface area contributed by atoms with Gasteiger partial charge in [-0.05, 0) is 47.5 Å². The van der Waals surface area contributed by atoms with Crippen LogP contribution >= 0.6 is 0 Å². The number of rotatable bonds is 8. The van der Waals surface area contributed by atoms with Crippen molar-refractivity contribution in [3.63, 3.8) is 0 Å². The van der Waals surface area contributed by atoms with Gasteiger partial charge < -0.3 is 29.9 Å². The molecule has 2 fully saturated rings. The molecule has 2 aliphatic rings. The predicted molar refractivity (Wildman–Crippen MR) is 165 cm³/mol. The zero-order chi connectivity index (χ0) is 30.7. The minimum atomic E-state index is -0.493. The van der Waals surface area contributed by atoms with Gasteiger partial charge in [0.1, 0.15) is 11.4 Å². The lowest BCUT2D eigenvalue weighted by Crippen LogP contribution is -2.44. The smallest absolute Gasteiger partial charge is 0.270 e. The Morgan fingerprint density at radius 2 is 0.864 bits per heavy atom. The van der Waals surface area contributed by atoms with Gasteiger partial charge in [0, 0.05) is 37.3 Å². The molecule has 0 saturated carbocycles. The van der Waals surface area contributed by atoms with Crippen LogP contribution in [0.5, 0.6) is 0 Å². The van der Waals surface area contributed by atoms with E-state index in [1.807, 2.05) is 60.7 Å². The molecule has 10 nitrogen and oxygen atoms in total. The maximum absolute atomic E-state index is 13.3. The zero-order valence-electron chi connectivity index (χ0n) is 24.2. The molecule has 3 aromatic carbocycles. The van der Waals surface area contributed by atoms with E-state index in [-0.39, 0.29) is 34.3 Å². The van der Waals surface area contributed by atoms with E-state index in [0.717, 1.165) is 11.1 Å². The third-order valence-corrected chi connectivity index (χ3v) is 7.18. The summed E-state index contributed by atoms with van der Waals surface area (Å²) in [7, 11) is 0. The predicted octanol–water partition coefficient (Wildman–Crippen LogP) is 2.95. The van der Waals surface area contributed by atoms with Crippen LogP contribution in [0.15, 0.2) is 96.3 Å². The summed E-state index contributed by atoms with van der Waals surface area (Å²) in [5, 5.41) is 5.52. The van der Waals surface area contributed by atoms with Crippen LogP contribution in [0.2, 0.25) is 0 Å². The molecule has 2 aliphatic heterocycles. The molecule has 2 N–H and O–H groups in total. The van der Waals surface area contributed by atoms with E-state index in [2.05, 4.69) is 10.6 Å². The zero-order valence-corrected chi connectivity index (χ0v) is 24.2. The van der Waals surface area contributed by atoms with Gasteiger partial charge in [0.05, 0.1) is 26.4 Å². The summed E-state index contributed by atoms with van der Waals surface area (Å²) in [4.78, 5) is 56.4. The maximum atomic E-state index is 13.3. The van der Waals surface area contributed by atoms with Crippen LogP contribution in [0, 0.1) is 0 Å². The number of carbonyl (C=O) groups is 4. The molecule has 44 heavy (non-hydrogen) atoms. The van der Waals surface area contributed by atoms with Crippen LogP contribution in [0.25, 0.3) is 12.2 Å². The molecule has 226 valence electrons. The fourth-order valence-electron chi connectivity index (χ4n) is 4.77. The minimum Gasteiger partial charge on any atom is -0.378 e. The van der Waals surface area contributed by atoms with Crippen molar-refractivity contribution in [1.29, 1.82) is 0 Å². The number of morpholine rings is 2. The Morgan fingerprint density at radius 3 is 1.20 bits per heavy atom. The van der Waals surface area contributed by atoms with Gasteiger partial charge in [0.2, 0.25) is 0 Å². The van der Waals surface area contributed by atoms with E-state index in [0.29, 0.717) is 52.6 Å². The summed E-state index contributed by atoms with van der Waals surface area (Å²) in [6.07, 6.45) is 3.28. The number of amides is 4. The van der Waals surface area contributed by atoms with Crippen molar-refractivity contribution in [3.8, 4) is 0 Å². The van der Waals surface area contributed by atoms with Gasteiger partial charge in [-0.15, -0.1) is 0 Å². The molecule has 3 aromatic rings. The number of nitrogens with zero attached hydrogens (tertiary/aromatic N) is 2. The number of benzene rings is 3. The van der Waals surface area contributed by atoms with E-state index in [4.69, 9.17) is 9.47 Å². The Morgan fingerprint density at radius 1 is 0.523 bits per heavy atom. The monoisotopic (exact) mass is 594 g/mol. The lowest BCUT2D eigenvalue weighted by molar-refractivity contribution is -0.132. The minimum absolute atomic E-state index is 0.141. The molecule has 2 heterocycles. The van der Waals surface area contributed by atoms with Crippen LogP contribution in [-0.2, 0) is 19.1 Å². The summed E-state index contributed by atoms with van der Waals surface area (Å²) in [6, 6.07) is 24.6. The highest BCUT2D eigenvalue weighted by atomic mass is 16.5.